The molecule has 30 heavy (non-hydrogen) atoms. The number of rotatable bonds is 2. The first kappa shape index (κ1) is 18.8. The lowest BCUT2D eigenvalue weighted by molar-refractivity contribution is 0.151. The van der Waals surface area contributed by atoms with Crippen molar-refractivity contribution in [1.29, 1.82) is 0 Å². The number of pyridine rings is 2. The summed E-state index contributed by atoms with van der Waals surface area (Å²) in [6.45, 7) is 5.37. The van der Waals surface area contributed by atoms with Gasteiger partial charge in [-0.15, -0.1) is 0 Å². The zero-order valence-electron chi connectivity index (χ0n) is 16.8. The summed E-state index contributed by atoms with van der Waals surface area (Å²) >= 11 is 1.29. The van der Waals surface area contributed by atoms with E-state index in [-0.39, 0.29) is 17.5 Å². The van der Waals surface area contributed by atoms with Crippen LogP contribution in [0.3, 0.4) is 0 Å². The van der Waals surface area contributed by atoms with Crippen LogP contribution in [0.2, 0.25) is 0 Å². The Hall–Kier alpha value is -3.20. The highest BCUT2D eigenvalue weighted by Gasteiger charge is 2.31. The second-order valence-corrected chi connectivity index (χ2v) is 8.69. The van der Waals surface area contributed by atoms with Crippen LogP contribution in [0.1, 0.15) is 25.1 Å². The van der Waals surface area contributed by atoms with Crippen LogP contribution >= 0.6 is 11.5 Å². The number of H-pyrrole nitrogens is 1. The summed E-state index contributed by atoms with van der Waals surface area (Å²) in [5, 5.41) is 5.22. The zero-order valence-corrected chi connectivity index (χ0v) is 17.6. The van der Waals surface area contributed by atoms with E-state index in [1.165, 1.54) is 11.5 Å². The summed E-state index contributed by atoms with van der Waals surface area (Å²) in [5.74, 6) is 0.354. The maximum atomic E-state index is 12.9. The van der Waals surface area contributed by atoms with E-state index in [0.29, 0.717) is 24.4 Å². The number of likely N-dealkylation sites (tertiary alicyclic amines) is 1. The molecule has 2 atom stereocenters. The Kier molecular flexibility index (Phi) is 4.54. The molecule has 0 aliphatic carbocycles. The van der Waals surface area contributed by atoms with Crippen molar-refractivity contribution in [2.24, 2.45) is 5.92 Å². The molecule has 4 aromatic rings. The van der Waals surface area contributed by atoms with E-state index in [1.54, 1.807) is 12.3 Å². The fourth-order valence-corrected chi connectivity index (χ4v) is 4.89. The van der Waals surface area contributed by atoms with Gasteiger partial charge in [0.2, 0.25) is 0 Å². The number of amides is 2. The van der Waals surface area contributed by atoms with Gasteiger partial charge < -0.3 is 14.5 Å². The second kappa shape index (κ2) is 7.24. The number of urea groups is 1. The molecule has 8 nitrogen and oxygen atoms in total. The van der Waals surface area contributed by atoms with Crippen LogP contribution in [-0.2, 0) is 0 Å². The first-order chi connectivity index (χ1) is 14.5. The second-order valence-electron chi connectivity index (χ2n) is 7.89. The minimum absolute atomic E-state index is 0.0459. The molecule has 9 heteroatoms. The first-order valence-electron chi connectivity index (χ1n) is 9.97. The zero-order chi connectivity index (χ0) is 20.8. The Balaban J connectivity index is 1.52. The Labute approximate surface area is 176 Å². The topological polar surface area (TPSA) is 95.9 Å². The van der Waals surface area contributed by atoms with Crippen LogP contribution in [0.25, 0.3) is 21.9 Å². The van der Waals surface area contributed by atoms with Crippen molar-refractivity contribution >= 4 is 44.5 Å². The fourth-order valence-electron chi connectivity index (χ4n) is 4.24. The number of aryl methyl sites for hydroxylation is 1. The summed E-state index contributed by atoms with van der Waals surface area (Å²) in [5.41, 5.74) is 2.46. The van der Waals surface area contributed by atoms with Gasteiger partial charge in [-0.05, 0) is 42.9 Å². The molecular formula is C21H22N6O2S. The Morgan fingerprint density at radius 1 is 1.33 bits per heavy atom. The van der Waals surface area contributed by atoms with Gasteiger partial charge in [0.15, 0.2) is 5.43 Å². The monoisotopic (exact) mass is 422 g/mol. The molecule has 0 saturated carbocycles. The van der Waals surface area contributed by atoms with Gasteiger partial charge in [-0.25, -0.2) is 9.78 Å². The van der Waals surface area contributed by atoms with E-state index < -0.39 is 0 Å². The number of nitrogens with one attached hydrogen (secondary N) is 2. The Bertz CT molecular complexity index is 1310. The van der Waals surface area contributed by atoms with E-state index >= 15 is 0 Å². The fraction of sp³-hybridized carbons (Fsp3) is 0.333. The molecule has 154 valence electrons. The molecule has 0 bridgehead atoms. The van der Waals surface area contributed by atoms with Crippen molar-refractivity contribution in [3.8, 4) is 0 Å². The quantitative estimate of drug-likeness (QED) is 0.514. The summed E-state index contributed by atoms with van der Waals surface area (Å²) in [6, 6.07) is 5.35. The number of hydrogen-bond donors (Lipinski definition) is 2. The Morgan fingerprint density at radius 2 is 2.20 bits per heavy atom. The number of aromatic amines is 1. The standard InChI is InChI=1S/C21H22N6O2S/c1-12-4-7-26(21(29)24-18-9-13(2)25-30-18)11-16(12)27-8-5-17(28)15-10-23-20-14(19(15)27)3-6-22-20/h3,5-6,8-10,12,16H,4,7,11H2,1-2H3,(H,22,23)(H,24,29)/t12-,16+/m1/s1. The number of hydrogen-bond acceptors (Lipinski definition) is 5. The molecule has 4 aromatic heterocycles. The van der Waals surface area contributed by atoms with Crippen molar-refractivity contribution in [3.63, 3.8) is 0 Å². The van der Waals surface area contributed by atoms with Crippen molar-refractivity contribution in [1.82, 2.24) is 23.8 Å². The number of aromatic nitrogens is 4. The predicted octanol–water partition coefficient (Wildman–Crippen LogP) is 3.76. The van der Waals surface area contributed by atoms with E-state index in [0.717, 1.165) is 33.7 Å². The van der Waals surface area contributed by atoms with Crippen molar-refractivity contribution in [2.75, 3.05) is 18.4 Å². The molecule has 0 aromatic carbocycles. The highest BCUT2D eigenvalue weighted by molar-refractivity contribution is 7.10. The van der Waals surface area contributed by atoms with Crippen LogP contribution in [0, 0.1) is 12.8 Å². The van der Waals surface area contributed by atoms with Crippen LogP contribution in [-0.4, -0.2) is 42.9 Å². The Morgan fingerprint density at radius 3 is 3.00 bits per heavy atom. The maximum absolute atomic E-state index is 12.9. The summed E-state index contributed by atoms with van der Waals surface area (Å²) in [7, 11) is 0. The van der Waals surface area contributed by atoms with Crippen LogP contribution in [0.15, 0.2) is 41.6 Å². The highest BCUT2D eigenvalue weighted by atomic mass is 32.1. The molecular weight excluding hydrogens is 400 g/mol. The van der Waals surface area contributed by atoms with Gasteiger partial charge in [-0.2, -0.15) is 4.37 Å². The molecule has 0 radical (unpaired) electrons. The molecule has 1 fully saturated rings. The number of carbonyl (C=O) groups excluding carboxylic acids is 1. The van der Waals surface area contributed by atoms with Gasteiger partial charge in [-0.1, -0.05) is 6.92 Å². The highest BCUT2D eigenvalue weighted by Crippen LogP contribution is 2.32. The van der Waals surface area contributed by atoms with Gasteiger partial charge in [-0.3, -0.25) is 10.1 Å². The van der Waals surface area contributed by atoms with Gasteiger partial charge >= 0.3 is 6.03 Å². The van der Waals surface area contributed by atoms with Crippen molar-refractivity contribution in [3.05, 3.63) is 52.7 Å². The molecule has 2 amide bonds. The lowest BCUT2D eigenvalue weighted by atomic mass is 9.92. The number of carbonyl (C=O) groups is 1. The maximum Gasteiger partial charge on any atom is 0.322 e. The van der Waals surface area contributed by atoms with Crippen LogP contribution < -0.4 is 10.7 Å². The molecule has 0 spiro atoms. The van der Waals surface area contributed by atoms with Gasteiger partial charge in [0.1, 0.15) is 10.6 Å². The van der Waals surface area contributed by atoms with E-state index in [2.05, 4.69) is 31.1 Å². The molecule has 1 aliphatic rings. The normalized spacial score (nSPS) is 19.5. The van der Waals surface area contributed by atoms with Gasteiger partial charge in [0.05, 0.1) is 22.6 Å². The SMILES string of the molecule is Cc1cc(NC(=O)N2CC[C@@H](C)[C@@H](n3ccc(=O)c4cnc5[nH]ccc5c43)C2)sn1. The van der Waals surface area contributed by atoms with Crippen LogP contribution in [0.5, 0.6) is 0 Å². The van der Waals surface area contributed by atoms with E-state index in [1.807, 2.05) is 36.4 Å². The lowest BCUT2D eigenvalue weighted by Crippen LogP contribution is -2.45. The largest absolute Gasteiger partial charge is 0.346 e. The van der Waals surface area contributed by atoms with Gasteiger partial charge in [0, 0.05) is 43.1 Å². The summed E-state index contributed by atoms with van der Waals surface area (Å²) < 4.78 is 6.37. The van der Waals surface area contributed by atoms with Crippen molar-refractivity contribution < 1.29 is 4.79 Å². The predicted molar refractivity (Wildman–Crippen MR) is 118 cm³/mol. The van der Waals surface area contributed by atoms with Crippen molar-refractivity contribution in [2.45, 2.75) is 26.3 Å². The van der Waals surface area contributed by atoms with E-state index in [4.69, 9.17) is 0 Å². The third-order valence-electron chi connectivity index (χ3n) is 5.89. The number of fused-ring (bicyclic) bond motifs is 3. The first-order valence-corrected chi connectivity index (χ1v) is 10.7. The molecule has 5 heterocycles. The third kappa shape index (κ3) is 3.15. The average molecular weight is 423 g/mol. The molecule has 5 rings (SSSR count). The average Bonchev–Trinajstić information content (AvgIpc) is 3.37. The molecule has 0 unspecified atom stereocenters. The number of anilines is 1. The third-order valence-corrected chi connectivity index (χ3v) is 6.69. The summed E-state index contributed by atoms with van der Waals surface area (Å²) in [6.07, 6.45) is 6.21. The molecule has 1 saturated heterocycles. The smallest absolute Gasteiger partial charge is 0.322 e. The number of nitrogens with zero attached hydrogens (tertiary/aromatic N) is 4. The van der Waals surface area contributed by atoms with E-state index in [9.17, 15) is 9.59 Å². The molecule has 2 N–H and O–H groups in total. The summed E-state index contributed by atoms with van der Waals surface area (Å²) in [4.78, 5) is 34.7. The van der Waals surface area contributed by atoms with Crippen LogP contribution in [0.4, 0.5) is 9.80 Å². The van der Waals surface area contributed by atoms with Gasteiger partial charge in [0.25, 0.3) is 0 Å². The lowest BCUT2D eigenvalue weighted by Gasteiger charge is -2.38. The number of piperidine rings is 1. The minimum Gasteiger partial charge on any atom is -0.346 e. The minimum atomic E-state index is -0.116. The molecule has 1 aliphatic heterocycles.